The van der Waals surface area contributed by atoms with E-state index < -0.39 is 112 Å². The Bertz CT molecular complexity index is 3780. The molecule has 0 aliphatic rings. The first-order valence-electron chi connectivity index (χ1n) is 19.7. The zero-order valence-electron chi connectivity index (χ0n) is 37.2. The average molecular weight is 1190 g/mol. The number of phenols is 1. The molecule has 0 saturated carbocycles. The molecule has 0 fully saturated rings. The predicted molar refractivity (Wildman–Crippen MR) is 267 cm³/mol. The molecule has 0 amide bonds. The summed E-state index contributed by atoms with van der Waals surface area (Å²) in [6.07, 6.45) is 2.61. The third kappa shape index (κ3) is 15.0. The van der Waals surface area contributed by atoms with Crippen molar-refractivity contribution in [2.24, 2.45) is 30.7 Å². The van der Waals surface area contributed by atoms with E-state index in [0.717, 1.165) is 42.5 Å². The summed E-state index contributed by atoms with van der Waals surface area (Å²) in [6.45, 7) is -0.566. The first-order chi connectivity index (χ1) is 35.9. The molecule has 0 radical (unpaired) electrons. The van der Waals surface area contributed by atoms with Gasteiger partial charge < -0.3 is 22.3 Å². The van der Waals surface area contributed by atoms with Crippen molar-refractivity contribution in [2.45, 2.75) is 29.4 Å². The monoisotopic (exact) mass is 1190 g/mol. The molecule has 0 atom stereocenters. The molecule has 0 saturated heterocycles. The van der Waals surface area contributed by atoms with E-state index in [1.807, 2.05) is 0 Å². The Labute approximate surface area is 440 Å². The summed E-state index contributed by atoms with van der Waals surface area (Å²) in [5.41, 5.74) is 16.2. The summed E-state index contributed by atoms with van der Waals surface area (Å²) in [5.74, 6) is -1.91. The maximum Gasteiger partial charge on any atom is 0.296 e. The lowest BCUT2D eigenvalue weighted by Crippen LogP contribution is -2.12. The van der Waals surface area contributed by atoms with Crippen LogP contribution < -0.4 is 17.2 Å². The number of nitrogens with two attached hydrogens (primary N) is 3. The molecule has 0 bridgehead atoms. The molecule has 6 rings (SSSR count). The number of azo groups is 3. The third-order valence-electron chi connectivity index (χ3n) is 9.57. The van der Waals surface area contributed by atoms with Gasteiger partial charge in [-0.25, -0.2) is 24.2 Å². The van der Waals surface area contributed by atoms with Gasteiger partial charge in [0, 0.05) is 10.6 Å². The van der Waals surface area contributed by atoms with Crippen LogP contribution in [0.5, 0.6) is 5.75 Å². The zero-order valence-corrected chi connectivity index (χ0v) is 42.9. The van der Waals surface area contributed by atoms with Gasteiger partial charge >= 0.3 is 0 Å². The van der Waals surface area contributed by atoms with Crippen LogP contribution in [0, 0.1) is 0 Å². The van der Waals surface area contributed by atoms with Gasteiger partial charge in [-0.2, -0.15) is 35.5 Å². The standard InChI is InChI=1S/C38H33N9O22S7/c39-22-5-9-27(26(40)15-22)44-42-23-6-3-19(29(16-23)70-67-64-49)1-2-20-4-7-24(17-31(20)74(54,55)56)43-47-37-33(76(60,61)62)14-21-13-30(71-68-65-50)36(35(41)34(21)38(37)48)46-45-28-10-8-25(18-32(28)75(57,58)59)73(52,53)12-11-63-72-69-66-51/h1-10,13-18,48-51H,11-12,39-41H2,(H,54,55,56)(H,57,58,59)(H,60,61,62). The van der Waals surface area contributed by atoms with E-state index in [-0.39, 0.29) is 56.5 Å². The van der Waals surface area contributed by atoms with Crippen LogP contribution >= 0.6 is 36.4 Å². The lowest BCUT2D eigenvalue weighted by Gasteiger charge is -2.14. The van der Waals surface area contributed by atoms with E-state index in [9.17, 15) is 52.4 Å². The minimum absolute atomic E-state index is 0.0700. The number of fused-ring (bicyclic) bond motifs is 1. The van der Waals surface area contributed by atoms with Crippen LogP contribution in [0.15, 0.2) is 145 Å². The number of aromatic hydroxyl groups is 1. The normalized spacial score (nSPS) is 12.9. The number of hydrogen-bond acceptors (Lipinski definition) is 31. The third-order valence-corrected chi connectivity index (χ3v) is 15.6. The number of sulfone groups is 1. The SMILES string of the molecule is Nc1ccc(N=Nc2ccc(C=Cc3ccc(N=Nc4c(S(=O)(=O)O)cc5cc(SOOO)c(N=Nc6ccc(S(=O)(=O)CCOSOOO)cc6S(=O)(=O)O)c(N)c5c4O)cc3S(=O)(=O)O)c(SOOO)c2)c(N)c1. The molecule has 76 heavy (non-hydrogen) atoms. The number of anilines is 3. The van der Waals surface area contributed by atoms with Gasteiger partial charge in [0.25, 0.3) is 30.4 Å². The molecule has 38 heteroatoms. The van der Waals surface area contributed by atoms with E-state index in [0.29, 0.717) is 35.0 Å². The Balaban J connectivity index is 1.39. The largest absolute Gasteiger partial charge is 0.505 e. The highest BCUT2D eigenvalue weighted by atomic mass is 32.2. The van der Waals surface area contributed by atoms with E-state index in [1.54, 1.807) is 12.1 Å². The minimum Gasteiger partial charge on any atom is -0.505 e. The highest BCUT2D eigenvalue weighted by Gasteiger charge is 2.27. The lowest BCUT2D eigenvalue weighted by molar-refractivity contribution is -0.434. The molecule has 6 aromatic carbocycles. The second kappa shape index (κ2) is 25.2. The van der Waals surface area contributed by atoms with Crippen molar-refractivity contribution in [3.63, 3.8) is 0 Å². The molecule has 6 aromatic rings. The van der Waals surface area contributed by atoms with E-state index in [4.69, 9.17) is 37.2 Å². The van der Waals surface area contributed by atoms with Crippen LogP contribution in [0.2, 0.25) is 0 Å². The van der Waals surface area contributed by atoms with Crippen molar-refractivity contribution in [1.82, 2.24) is 0 Å². The van der Waals surface area contributed by atoms with Crippen molar-refractivity contribution in [2.75, 3.05) is 29.6 Å². The molecule has 404 valence electrons. The fourth-order valence-corrected chi connectivity index (χ4v) is 10.8. The van der Waals surface area contributed by atoms with E-state index in [1.165, 1.54) is 36.4 Å². The molecular weight excluding hydrogens is 1160 g/mol. The summed E-state index contributed by atoms with van der Waals surface area (Å²) >= 11 is 0.728. The van der Waals surface area contributed by atoms with Gasteiger partial charge in [-0.05, 0) is 89.3 Å². The Morgan fingerprint density at radius 2 is 1.13 bits per heavy atom. The zero-order chi connectivity index (χ0) is 55.6. The molecular formula is C38H33N9O22S7. The summed E-state index contributed by atoms with van der Waals surface area (Å²) in [5, 5.41) is 70.8. The Morgan fingerprint density at radius 1 is 0.553 bits per heavy atom. The average Bonchev–Trinajstić information content (AvgIpc) is 3.35. The first-order valence-corrected chi connectivity index (χ1v) is 27.8. The summed E-state index contributed by atoms with van der Waals surface area (Å²) in [4.78, 5) is -3.72. The molecule has 31 nitrogen and oxygen atoms in total. The van der Waals surface area contributed by atoms with Crippen LogP contribution in [0.4, 0.5) is 51.2 Å². The highest BCUT2D eigenvalue weighted by Crippen LogP contribution is 2.50. The van der Waals surface area contributed by atoms with Gasteiger partial charge in [0.15, 0.2) is 27.9 Å². The van der Waals surface area contributed by atoms with Crippen LogP contribution in [-0.2, 0) is 72.5 Å². The molecule has 0 heterocycles. The molecule has 0 aliphatic heterocycles. The van der Waals surface area contributed by atoms with Crippen LogP contribution in [0.1, 0.15) is 11.1 Å². The lowest BCUT2D eigenvalue weighted by atomic mass is 10.1. The van der Waals surface area contributed by atoms with Gasteiger partial charge in [0.2, 0.25) is 0 Å². The molecule has 0 unspecified atom stereocenters. The highest BCUT2D eigenvalue weighted by molar-refractivity contribution is 7.95. The van der Waals surface area contributed by atoms with Crippen LogP contribution in [-0.4, -0.2) is 80.6 Å². The number of phenolic OH excluding ortho intramolecular Hbond substituents is 1. The molecule has 0 aliphatic carbocycles. The van der Waals surface area contributed by atoms with Gasteiger partial charge in [0.1, 0.15) is 37.4 Å². The van der Waals surface area contributed by atoms with E-state index >= 15 is 0 Å². The number of nitrogen functional groups attached to an aromatic ring is 3. The van der Waals surface area contributed by atoms with Crippen molar-refractivity contribution in [3.05, 3.63) is 96.1 Å². The Hall–Kier alpha value is -6.35. The quantitative estimate of drug-likeness (QED) is 0.00394. The van der Waals surface area contributed by atoms with Gasteiger partial charge in [-0.1, -0.05) is 39.4 Å². The summed E-state index contributed by atoms with van der Waals surface area (Å²) < 4.78 is 150. The number of benzene rings is 6. The second-order valence-corrected chi connectivity index (χ2v) is 22.6. The van der Waals surface area contributed by atoms with Gasteiger partial charge in [0.05, 0.1) is 74.4 Å². The summed E-state index contributed by atoms with van der Waals surface area (Å²) in [6, 6.07) is 16.1. The smallest absolute Gasteiger partial charge is 0.296 e. The van der Waals surface area contributed by atoms with Crippen LogP contribution in [0.25, 0.3) is 22.9 Å². The topological polar surface area (TPSA) is 495 Å². The minimum atomic E-state index is -5.34. The van der Waals surface area contributed by atoms with Crippen molar-refractivity contribution < 1.29 is 101 Å². The maximum atomic E-state index is 12.9. The molecule has 0 aromatic heterocycles. The summed E-state index contributed by atoms with van der Waals surface area (Å²) in [7, 11) is -20.0. The first kappa shape index (κ1) is 58.9. The van der Waals surface area contributed by atoms with Crippen molar-refractivity contribution in [3.8, 4) is 5.75 Å². The van der Waals surface area contributed by atoms with Crippen molar-refractivity contribution in [1.29, 1.82) is 0 Å². The maximum absolute atomic E-state index is 12.9. The van der Waals surface area contributed by atoms with Crippen molar-refractivity contribution >= 4 is 151 Å². The Kier molecular flexibility index (Phi) is 19.5. The van der Waals surface area contributed by atoms with E-state index in [2.05, 4.69) is 58.8 Å². The predicted octanol–water partition coefficient (Wildman–Crippen LogP) is 9.08. The number of hydrogen-bond donors (Lipinski definition) is 10. The van der Waals surface area contributed by atoms with Gasteiger partial charge in [-0.3, -0.25) is 17.8 Å². The Morgan fingerprint density at radius 3 is 1.78 bits per heavy atom. The molecule has 13 N–H and O–H groups in total. The fourth-order valence-electron chi connectivity index (χ4n) is 6.29. The fraction of sp³-hybridized carbons (Fsp3) is 0.0526. The number of nitrogens with zero attached hydrogens (tertiary/aromatic N) is 6. The van der Waals surface area contributed by atoms with Crippen LogP contribution in [0.3, 0.4) is 0 Å². The number of rotatable bonds is 24. The second-order valence-electron chi connectivity index (χ2n) is 14.4. The molecule has 0 spiro atoms. The van der Waals surface area contributed by atoms with Gasteiger partial charge in [-0.15, -0.1) is 33.5 Å².